The van der Waals surface area contributed by atoms with Crippen LogP contribution in [0.25, 0.3) is 10.1 Å². The van der Waals surface area contributed by atoms with E-state index >= 15 is 0 Å². The molecule has 1 aromatic carbocycles. The van der Waals surface area contributed by atoms with Crippen LogP contribution in [0, 0.1) is 0 Å². The molecule has 2 aromatic rings. The second kappa shape index (κ2) is 3.51. The maximum Gasteiger partial charge on any atom is 0.124 e. The van der Waals surface area contributed by atoms with E-state index in [9.17, 15) is 10.2 Å². The maximum atomic E-state index is 9.71. The Morgan fingerprint density at radius 2 is 2.07 bits per heavy atom. The number of benzene rings is 1. The molecule has 0 amide bonds. The largest absolute Gasteiger partial charge is 0.507 e. The zero-order valence-corrected chi connectivity index (χ0v) is 9.64. The van der Waals surface area contributed by atoms with E-state index in [1.165, 1.54) is 0 Å². The van der Waals surface area contributed by atoms with Gasteiger partial charge in [-0.1, -0.05) is 6.07 Å². The Labute approximate surface area is 92.8 Å². The second-order valence-electron chi connectivity index (χ2n) is 4.39. The Bertz CT molecular complexity index is 480. The third-order valence-corrected chi connectivity index (χ3v) is 3.30. The van der Waals surface area contributed by atoms with Crippen LogP contribution in [0.15, 0.2) is 24.3 Å². The molecule has 0 radical (unpaired) electrons. The minimum atomic E-state index is -0.698. The summed E-state index contributed by atoms with van der Waals surface area (Å²) >= 11 is 1.62. The van der Waals surface area contributed by atoms with Crippen molar-refractivity contribution < 1.29 is 10.2 Å². The Hall–Kier alpha value is -1.06. The van der Waals surface area contributed by atoms with E-state index in [1.807, 2.05) is 18.2 Å². The molecule has 1 heterocycles. The molecule has 80 valence electrons. The normalized spacial score (nSPS) is 12.2. The van der Waals surface area contributed by atoms with E-state index in [0.29, 0.717) is 12.2 Å². The van der Waals surface area contributed by atoms with Crippen molar-refractivity contribution in [2.24, 2.45) is 0 Å². The molecular weight excluding hydrogens is 208 g/mol. The fourth-order valence-corrected chi connectivity index (χ4v) is 2.92. The van der Waals surface area contributed by atoms with E-state index in [1.54, 1.807) is 31.3 Å². The molecule has 3 heteroatoms. The summed E-state index contributed by atoms with van der Waals surface area (Å²) in [5.41, 5.74) is -0.698. The smallest absolute Gasteiger partial charge is 0.124 e. The molecule has 2 N–H and O–H groups in total. The van der Waals surface area contributed by atoms with Crippen molar-refractivity contribution in [3.8, 4) is 5.75 Å². The first kappa shape index (κ1) is 10.5. The average molecular weight is 222 g/mol. The molecule has 2 rings (SSSR count). The number of hydrogen-bond donors (Lipinski definition) is 2. The highest BCUT2D eigenvalue weighted by molar-refractivity contribution is 7.19. The lowest BCUT2D eigenvalue weighted by Crippen LogP contribution is -2.20. The van der Waals surface area contributed by atoms with E-state index in [2.05, 4.69) is 0 Å². The van der Waals surface area contributed by atoms with Gasteiger partial charge in [0.1, 0.15) is 5.75 Å². The van der Waals surface area contributed by atoms with Gasteiger partial charge in [0.25, 0.3) is 0 Å². The lowest BCUT2D eigenvalue weighted by Gasteiger charge is -2.14. The van der Waals surface area contributed by atoms with Gasteiger partial charge in [0.15, 0.2) is 0 Å². The molecule has 0 atom stereocenters. The number of thiophene rings is 1. The van der Waals surface area contributed by atoms with Crippen LogP contribution >= 0.6 is 11.3 Å². The van der Waals surface area contributed by atoms with Gasteiger partial charge >= 0.3 is 0 Å². The molecule has 0 aliphatic rings. The van der Waals surface area contributed by atoms with E-state index in [0.717, 1.165) is 15.0 Å². The zero-order chi connectivity index (χ0) is 11.1. The summed E-state index contributed by atoms with van der Waals surface area (Å²) in [5, 5.41) is 20.2. The minimum absolute atomic E-state index is 0.311. The summed E-state index contributed by atoms with van der Waals surface area (Å²) in [7, 11) is 0. The Balaban J connectivity index is 2.44. The quantitative estimate of drug-likeness (QED) is 0.820. The summed E-state index contributed by atoms with van der Waals surface area (Å²) in [5.74, 6) is 0.311. The molecule has 0 aliphatic heterocycles. The van der Waals surface area contributed by atoms with Gasteiger partial charge in [0.2, 0.25) is 0 Å². The van der Waals surface area contributed by atoms with Gasteiger partial charge < -0.3 is 10.2 Å². The lowest BCUT2D eigenvalue weighted by atomic mass is 10.0. The van der Waals surface area contributed by atoms with Crippen LogP contribution in [0.4, 0.5) is 0 Å². The van der Waals surface area contributed by atoms with Gasteiger partial charge in [-0.25, -0.2) is 0 Å². The Kier molecular flexibility index (Phi) is 2.44. The highest BCUT2D eigenvalue weighted by Crippen LogP contribution is 2.33. The van der Waals surface area contributed by atoms with Crippen molar-refractivity contribution in [3.63, 3.8) is 0 Å². The van der Waals surface area contributed by atoms with Gasteiger partial charge in [0, 0.05) is 21.4 Å². The molecule has 0 fully saturated rings. The third kappa shape index (κ3) is 2.30. The van der Waals surface area contributed by atoms with Crippen molar-refractivity contribution >= 4 is 21.4 Å². The standard InChI is InChI=1S/C12H14O2S/c1-12(2,14)7-8-6-9-10(13)4-3-5-11(9)15-8/h3-6,13-14H,7H2,1-2H3. The van der Waals surface area contributed by atoms with Crippen LogP contribution in [0.1, 0.15) is 18.7 Å². The molecule has 0 spiro atoms. The van der Waals surface area contributed by atoms with E-state index in [4.69, 9.17) is 0 Å². The second-order valence-corrected chi connectivity index (χ2v) is 5.56. The van der Waals surface area contributed by atoms with Gasteiger partial charge in [0.05, 0.1) is 5.60 Å². The number of aromatic hydroxyl groups is 1. The van der Waals surface area contributed by atoms with Crippen LogP contribution in [0.2, 0.25) is 0 Å². The zero-order valence-electron chi connectivity index (χ0n) is 8.82. The first-order valence-corrected chi connectivity index (χ1v) is 5.70. The van der Waals surface area contributed by atoms with Crippen molar-refractivity contribution in [1.82, 2.24) is 0 Å². The first-order chi connectivity index (χ1) is 6.96. The number of phenols is 1. The molecule has 0 saturated carbocycles. The van der Waals surface area contributed by atoms with Crippen LogP contribution < -0.4 is 0 Å². The third-order valence-electron chi connectivity index (χ3n) is 2.20. The van der Waals surface area contributed by atoms with Crippen LogP contribution in [-0.4, -0.2) is 15.8 Å². The SMILES string of the molecule is CC(C)(O)Cc1cc2c(O)cccc2s1. The molecule has 15 heavy (non-hydrogen) atoms. The van der Waals surface area contributed by atoms with Crippen molar-refractivity contribution in [2.75, 3.05) is 0 Å². The van der Waals surface area contributed by atoms with Crippen molar-refractivity contribution in [2.45, 2.75) is 25.9 Å². The van der Waals surface area contributed by atoms with Gasteiger partial charge in [-0.2, -0.15) is 0 Å². The van der Waals surface area contributed by atoms with E-state index < -0.39 is 5.60 Å². The summed E-state index contributed by atoms with van der Waals surface area (Å²) < 4.78 is 1.06. The summed E-state index contributed by atoms with van der Waals surface area (Å²) in [6.45, 7) is 3.58. The average Bonchev–Trinajstić information content (AvgIpc) is 2.45. The maximum absolute atomic E-state index is 9.71. The summed E-state index contributed by atoms with van der Waals surface area (Å²) in [4.78, 5) is 1.10. The lowest BCUT2D eigenvalue weighted by molar-refractivity contribution is 0.0819. The molecule has 1 aromatic heterocycles. The Morgan fingerprint density at radius 1 is 1.33 bits per heavy atom. The molecule has 0 bridgehead atoms. The number of fused-ring (bicyclic) bond motifs is 1. The van der Waals surface area contributed by atoms with Crippen molar-refractivity contribution in [1.29, 1.82) is 0 Å². The number of phenolic OH excluding ortho intramolecular Hbond substituents is 1. The van der Waals surface area contributed by atoms with E-state index in [-0.39, 0.29) is 0 Å². The van der Waals surface area contributed by atoms with Gasteiger partial charge in [-0.15, -0.1) is 11.3 Å². The molecule has 2 nitrogen and oxygen atoms in total. The summed E-state index contributed by atoms with van der Waals surface area (Å²) in [6, 6.07) is 7.45. The Morgan fingerprint density at radius 3 is 2.67 bits per heavy atom. The van der Waals surface area contributed by atoms with Crippen molar-refractivity contribution in [3.05, 3.63) is 29.1 Å². The fraction of sp³-hybridized carbons (Fsp3) is 0.333. The minimum Gasteiger partial charge on any atom is -0.507 e. The number of rotatable bonds is 2. The summed E-state index contributed by atoms with van der Waals surface area (Å²) in [6.07, 6.45) is 0.617. The highest BCUT2D eigenvalue weighted by atomic mass is 32.1. The monoisotopic (exact) mass is 222 g/mol. The van der Waals surface area contributed by atoms with Crippen LogP contribution in [-0.2, 0) is 6.42 Å². The first-order valence-electron chi connectivity index (χ1n) is 4.88. The number of aliphatic hydroxyl groups is 1. The topological polar surface area (TPSA) is 40.5 Å². The molecule has 0 aliphatic carbocycles. The fourth-order valence-electron chi connectivity index (χ4n) is 1.61. The molecular formula is C12H14O2S. The van der Waals surface area contributed by atoms with Gasteiger partial charge in [-0.05, 0) is 32.0 Å². The van der Waals surface area contributed by atoms with Gasteiger partial charge in [-0.3, -0.25) is 0 Å². The predicted octanol–water partition coefficient (Wildman–Crippen LogP) is 2.92. The molecule has 0 saturated heterocycles. The highest BCUT2D eigenvalue weighted by Gasteiger charge is 2.15. The predicted molar refractivity (Wildman–Crippen MR) is 63.5 cm³/mol. The number of hydrogen-bond acceptors (Lipinski definition) is 3. The molecule has 0 unspecified atom stereocenters. The van der Waals surface area contributed by atoms with Crippen LogP contribution in [0.5, 0.6) is 5.75 Å². The van der Waals surface area contributed by atoms with Crippen LogP contribution in [0.3, 0.4) is 0 Å².